The molecule has 0 saturated carbocycles. The molecule has 126 valence electrons. The van der Waals surface area contributed by atoms with Crippen molar-refractivity contribution in [1.82, 2.24) is 15.1 Å². The van der Waals surface area contributed by atoms with Crippen LogP contribution in [0.3, 0.4) is 0 Å². The highest BCUT2D eigenvalue weighted by Crippen LogP contribution is 2.35. The van der Waals surface area contributed by atoms with E-state index in [1.807, 2.05) is 6.21 Å². The summed E-state index contributed by atoms with van der Waals surface area (Å²) in [5.41, 5.74) is 3.44. The molecular formula is C17H21N5OS. The summed E-state index contributed by atoms with van der Waals surface area (Å²) in [5.74, 6) is 0.412. The molecule has 2 aromatic rings. The van der Waals surface area contributed by atoms with Crippen LogP contribution in [-0.4, -0.2) is 40.9 Å². The molecule has 2 N–H and O–H groups in total. The maximum Gasteiger partial charge on any atom is 0.322 e. The predicted molar refractivity (Wildman–Crippen MR) is 97.8 cm³/mol. The number of likely N-dealkylation sites (tertiary alicyclic amines) is 1. The van der Waals surface area contributed by atoms with Crippen molar-refractivity contribution < 1.29 is 0 Å². The van der Waals surface area contributed by atoms with Gasteiger partial charge in [-0.1, -0.05) is 17.4 Å². The number of rotatable bonds is 3. The van der Waals surface area contributed by atoms with Crippen molar-refractivity contribution in [2.45, 2.75) is 31.7 Å². The lowest BCUT2D eigenvalue weighted by Crippen LogP contribution is -2.35. The fourth-order valence-corrected chi connectivity index (χ4v) is 4.30. The van der Waals surface area contributed by atoms with E-state index in [4.69, 9.17) is 0 Å². The van der Waals surface area contributed by atoms with Crippen molar-refractivity contribution in [3.63, 3.8) is 0 Å². The lowest BCUT2D eigenvalue weighted by molar-refractivity contribution is 0.162. The average molecular weight is 343 g/mol. The third kappa shape index (κ3) is 3.01. The van der Waals surface area contributed by atoms with Crippen molar-refractivity contribution in [3.8, 4) is 0 Å². The van der Waals surface area contributed by atoms with Gasteiger partial charge >= 0.3 is 4.87 Å². The van der Waals surface area contributed by atoms with E-state index >= 15 is 0 Å². The predicted octanol–water partition coefficient (Wildman–Crippen LogP) is 2.90. The summed E-state index contributed by atoms with van der Waals surface area (Å²) in [6, 6.07) is 6.88. The molecule has 1 saturated heterocycles. The molecule has 1 atom stereocenters. The topological polar surface area (TPSA) is 73.4 Å². The van der Waals surface area contributed by atoms with Gasteiger partial charge in [0.25, 0.3) is 0 Å². The molecule has 1 fully saturated rings. The zero-order valence-corrected chi connectivity index (χ0v) is 14.5. The first-order valence-electron chi connectivity index (χ1n) is 8.40. The number of nitrogens with one attached hydrogen (secondary N) is 2. The Hall–Kier alpha value is -1.99. The number of hydrogen-bond donors (Lipinski definition) is 2. The minimum Gasteiger partial charge on any atom is -0.378 e. The van der Waals surface area contributed by atoms with Gasteiger partial charge in [-0.25, -0.2) is 5.10 Å². The maximum atomic E-state index is 11.3. The molecule has 0 aliphatic carbocycles. The van der Waals surface area contributed by atoms with Gasteiger partial charge < -0.3 is 5.32 Å². The largest absolute Gasteiger partial charge is 0.378 e. The van der Waals surface area contributed by atoms with Gasteiger partial charge in [-0.3, -0.25) is 14.7 Å². The third-order valence-corrected chi connectivity index (χ3v) is 5.91. The molecule has 1 aromatic heterocycles. The van der Waals surface area contributed by atoms with Gasteiger partial charge in [0, 0.05) is 18.2 Å². The number of hydrogen-bond acceptors (Lipinski definition) is 6. The molecule has 7 heteroatoms. The zero-order valence-electron chi connectivity index (χ0n) is 13.7. The third-order valence-electron chi connectivity index (χ3n) is 5.00. The van der Waals surface area contributed by atoms with Gasteiger partial charge in [-0.05, 0) is 50.6 Å². The number of aliphatic imine (C=N–C) groups is 1. The summed E-state index contributed by atoms with van der Waals surface area (Å²) in [6.07, 6.45) is 4.02. The molecule has 24 heavy (non-hydrogen) atoms. The smallest absolute Gasteiger partial charge is 0.322 e. The highest BCUT2D eigenvalue weighted by atomic mass is 32.1. The normalized spacial score (nSPS) is 19.7. The molecule has 1 unspecified atom stereocenters. The second kappa shape index (κ2) is 6.49. The molecule has 0 bridgehead atoms. The second-order valence-electron chi connectivity index (χ2n) is 6.41. The van der Waals surface area contributed by atoms with Crippen molar-refractivity contribution in [2.75, 3.05) is 25.0 Å². The van der Waals surface area contributed by atoms with Crippen LogP contribution in [0.5, 0.6) is 0 Å². The molecule has 0 amide bonds. The first-order chi connectivity index (χ1) is 11.7. The molecule has 0 radical (unpaired) electrons. The van der Waals surface area contributed by atoms with E-state index in [-0.39, 0.29) is 4.87 Å². The first-order valence-corrected chi connectivity index (χ1v) is 9.22. The van der Waals surface area contributed by atoms with Crippen LogP contribution in [0.15, 0.2) is 28.0 Å². The van der Waals surface area contributed by atoms with Crippen molar-refractivity contribution in [3.05, 3.63) is 38.4 Å². The van der Waals surface area contributed by atoms with Crippen molar-refractivity contribution in [2.24, 2.45) is 4.99 Å². The molecule has 3 heterocycles. The fourth-order valence-electron chi connectivity index (χ4n) is 3.52. The SMILES string of the molecule is CC(c1ccc2c(c1)N=CCN2)N1CCC(c2n[nH]c(=O)s2)CC1. The molecule has 2 aliphatic rings. The standard InChI is InChI=1S/C17H21N5OS/c1-11(13-2-3-14-15(10-13)19-7-6-18-14)22-8-4-12(5-9-22)16-20-21-17(23)24-16/h2-3,7,10-12,18H,4-6,8-9H2,1H3,(H,21,23). The summed E-state index contributed by atoms with van der Waals surface area (Å²) in [4.78, 5) is 18.2. The van der Waals surface area contributed by atoms with E-state index < -0.39 is 0 Å². The molecule has 4 rings (SSSR count). The molecule has 1 aromatic carbocycles. The lowest BCUT2D eigenvalue weighted by atomic mass is 9.95. The van der Waals surface area contributed by atoms with E-state index in [1.54, 1.807) is 0 Å². The van der Waals surface area contributed by atoms with Crippen LogP contribution in [-0.2, 0) is 0 Å². The Morgan fingerprint density at radius 1 is 1.33 bits per heavy atom. The van der Waals surface area contributed by atoms with Crippen LogP contribution >= 0.6 is 11.3 Å². The molecule has 2 aliphatic heterocycles. The highest BCUT2D eigenvalue weighted by Gasteiger charge is 2.26. The Morgan fingerprint density at radius 3 is 2.92 bits per heavy atom. The maximum absolute atomic E-state index is 11.3. The van der Waals surface area contributed by atoms with Gasteiger partial charge in [0.05, 0.1) is 17.9 Å². The number of fused-ring (bicyclic) bond motifs is 1. The van der Waals surface area contributed by atoms with Crippen LogP contribution in [0.4, 0.5) is 11.4 Å². The number of aromatic nitrogens is 2. The Kier molecular flexibility index (Phi) is 4.20. The minimum absolute atomic E-state index is 0.0518. The van der Waals surface area contributed by atoms with Crippen LogP contribution in [0.1, 0.15) is 42.3 Å². The monoisotopic (exact) mass is 343 g/mol. The van der Waals surface area contributed by atoms with Gasteiger partial charge in [-0.15, -0.1) is 0 Å². The Bertz CT molecular complexity index is 803. The molecule has 0 spiro atoms. The summed E-state index contributed by atoms with van der Waals surface area (Å²) in [7, 11) is 0. The van der Waals surface area contributed by atoms with Gasteiger partial charge in [-0.2, -0.15) is 5.10 Å². The first kappa shape index (κ1) is 15.5. The van der Waals surface area contributed by atoms with E-state index in [2.05, 4.69) is 50.5 Å². The Labute approximate surface area is 144 Å². The second-order valence-corrected chi connectivity index (χ2v) is 7.40. The van der Waals surface area contributed by atoms with E-state index in [0.717, 1.165) is 48.9 Å². The number of aromatic amines is 1. The van der Waals surface area contributed by atoms with E-state index in [1.165, 1.54) is 16.9 Å². The number of piperidine rings is 1. The molecule has 6 nitrogen and oxygen atoms in total. The number of H-pyrrole nitrogens is 1. The van der Waals surface area contributed by atoms with Gasteiger partial charge in [0.2, 0.25) is 0 Å². The number of benzene rings is 1. The van der Waals surface area contributed by atoms with E-state index in [0.29, 0.717) is 12.0 Å². The number of nitrogens with zero attached hydrogens (tertiary/aromatic N) is 3. The zero-order chi connectivity index (χ0) is 16.5. The Balaban J connectivity index is 1.44. The Morgan fingerprint density at radius 2 is 2.17 bits per heavy atom. The van der Waals surface area contributed by atoms with Gasteiger partial charge in [0.1, 0.15) is 5.01 Å². The summed E-state index contributed by atoms with van der Waals surface area (Å²) in [5, 5.41) is 11.0. The van der Waals surface area contributed by atoms with E-state index in [9.17, 15) is 4.79 Å². The lowest BCUT2D eigenvalue weighted by Gasteiger charge is -2.35. The van der Waals surface area contributed by atoms with Crippen LogP contribution in [0, 0.1) is 0 Å². The van der Waals surface area contributed by atoms with Crippen LogP contribution < -0.4 is 10.2 Å². The fraction of sp³-hybridized carbons (Fsp3) is 0.471. The van der Waals surface area contributed by atoms with Crippen molar-refractivity contribution in [1.29, 1.82) is 0 Å². The van der Waals surface area contributed by atoms with Gasteiger partial charge in [0.15, 0.2) is 0 Å². The quantitative estimate of drug-likeness (QED) is 0.899. The minimum atomic E-state index is -0.0518. The highest BCUT2D eigenvalue weighted by molar-refractivity contribution is 7.08. The molecular weight excluding hydrogens is 322 g/mol. The van der Waals surface area contributed by atoms with Crippen LogP contribution in [0.2, 0.25) is 0 Å². The van der Waals surface area contributed by atoms with Crippen LogP contribution in [0.25, 0.3) is 0 Å². The average Bonchev–Trinajstić information content (AvgIpc) is 3.07. The summed E-state index contributed by atoms with van der Waals surface area (Å²) < 4.78 is 0. The summed E-state index contributed by atoms with van der Waals surface area (Å²) >= 11 is 1.25. The summed E-state index contributed by atoms with van der Waals surface area (Å²) in [6.45, 7) is 5.11. The number of anilines is 1. The van der Waals surface area contributed by atoms with Crippen molar-refractivity contribution >= 4 is 28.9 Å².